The van der Waals surface area contributed by atoms with Crippen LogP contribution >= 0.6 is 0 Å². The summed E-state index contributed by atoms with van der Waals surface area (Å²) in [5.74, 6) is 1.37. The third kappa shape index (κ3) is 6.34. The first-order valence-corrected chi connectivity index (χ1v) is 13.8. The summed E-state index contributed by atoms with van der Waals surface area (Å²) >= 11 is 0. The van der Waals surface area contributed by atoms with Crippen molar-refractivity contribution in [1.82, 2.24) is 10.2 Å². The van der Waals surface area contributed by atoms with Crippen LogP contribution in [0.15, 0.2) is 36.4 Å². The largest absolute Gasteiger partial charge is 0.487 e. The second kappa shape index (κ2) is 11.7. The fraction of sp³-hybridized carbons (Fsp3) is 0.515. The maximum Gasteiger partial charge on any atom is 0.191 e. The Morgan fingerprint density at radius 1 is 0.649 bits per heavy atom. The van der Waals surface area contributed by atoms with E-state index in [0.717, 1.165) is 52.9 Å². The number of nitrogens with zero attached hydrogens (tertiary/aromatic N) is 2. The van der Waals surface area contributed by atoms with Gasteiger partial charge in [-0.1, -0.05) is 91.8 Å². The van der Waals surface area contributed by atoms with Crippen LogP contribution in [0.4, 0.5) is 0 Å². The summed E-state index contributed by atoms with van der Waals surface area (Å²) in [5.41, 5.74) is 8.66. The highest BCUT2D eigenvalue weighted by Crippen LogP contribution is 2.45. The van der Waals surface area contributed by atoms with E-state index in [1.807, 2.05) is 0 Å². The van der Waals surface area contributed by atoms with Gasteiger partial charge in [0.25, 0.3) is 0 Å². The molecule has 0 aliphatic carbocycles. The van der Waals surface area contributed by atoms with Gasteiger partial charge in [-0.05, 0) is 66.2 Å². The Morgan fingerprint density at radius 3 is 1.46 bits per heavy atom. The molecule has 0 amide bonds. The predicted molar refractivity (Wildman–Crippen MR) is 156 cm³/mol. The minimum Gasteiger partial charge on any atom is -0.487 e. The van der Waals surface area contributed by atoms with Crippen LogP contribution in [-0.2, 0) is 10.8 Å². The summed E-state index contributed by atoms with van der Waals surface area (Å²) < 4.78 is 12.8. The Labute approximate surface area is 224 Å². The van der Waals surface area contributed by atoms with Crippen LogP contribution in [0.3, 0.4) is 0 Å². The monoisotopic (exact) mass is 502 g/mol. The molecular formula is C33H46N2O2. The molecule has 0 radical (unpaired) electrons. The van der Waals surface area contributed by atoms with Crippen LogP contribution in [0.2, 0.25) is 0 Å². The molecule has 37 heavy (non-hydrogen) atoms. The molecule has 4 heteroatoms. The van der Waals surface area contributed by atoms with Crippen molar-refractivity contribution in [1.29, 1.82) is 0 Å². The maximum atomic E-state index is 6.40. The predicted octanol–water partition coefficient (Wildman–Crippen LogP) is 8.99. The second-order valence-corrected chi connectivity index (χ2v) is 11.8. The Balaban J connectivity index is 2.24. The molecule has 0 bridgehead atoms. The summed E-state index contributed by atoms with van der Waals surface area (Å²) in [5, 5.41) is 9.55. The van der Waals surface area contributed by atoms with Crippen LogP contribution in [0, 0.1) is 13.8 Å². The molecule has 0 N–H and O–H groups in total. The zero-order valence-electron chi connectivity index (χ0n) is 24.7. The van der Waals surface area contributed by atoms with Gasteiger partial charge in [0, 0.05) is 11.1 Å². The molecule has 0 fully saturated rings. The van der Waals surface area contributed by atoms with Crippen molar-refractivity contribution >= 4 is 0 Å². The van der Waals surface area contributed by atoms with Crippen LogP contribution in [-0.4, -0.2) is 23.4 Å². The lowest BCUT2D eigenvalue weighted by Gasteiger charge is -2.25. The van der Waals surface area contributed by atoms with Crippen molar-refractivity contribution in [2.45, 2.75) is 99.3 Å². The third-order valence-electron chi connectivity index (χ3n) is 7.28. The van der Waals surface area contributed by atoms with E-state index < -0.39 is 0 Å². The SMILES string of the molecule is CCCOc1c(-c2ccc(C(C)(C)C)cc2C)nnc(-c2ccc(C(C)(C)CC)cc2C)c1OCCC. The number of ether oxygens (including phenoxy) is 2. The molecule has 0 saturated heterocycles. The fourth-order valence-corrected chi connectivity index (χ4v) is 4.38. The maximum absolute atomic E-state index is 6.40. The van der Waals surface area contributed by atoms with Gasteiger partial charge in [-0.15, -0.1) is 10.2 Å². The van der Waals surface area contributed by atoms with Crippen molar-refractivity contribution in [2.75, 3.05) is 13.2 Å². The van der Waals surface area contributed by atoms with Crippen molar-refractivity contribution < 1.29 is 9.47 Å². The molecule has 4 nitrogen and oxygen atoms in total. The van der Waals surface area contributed by atoms with Crippen LogP contribution in [0.5, 0.6) is 11.5 Å². The normalized spacial score (nSPS) is 12.1. The highest BCUT2D eigenvalue weighted by atomic mass is 16.5. The summed E-state index contributed by atoms with van der Waals surface area (Å²) in [7, 11) is 0. The molecule has 2 aromatic carbocycles. The smallest absolute Gasteiger partial charge is 0.191 e. The second-order valence-electron chi connectivity index (χ2n) is 11.8. The standard InChI is InChI=1S/C33H46N2O2/c1-11-18-36-30-28(26-16-14-24(20-22(26)4)32(6,7)8)34-35-29(31(30)37-19-12-2)27-17-15-25(21-23(27)5)33(9,10)13-3/h14-17,20-21H,11-13,18-19H2,1-10H3. The molecule has 0 saturated carbocycles. The van der Waals surface area contributed by atoms with E-state index in [0.29, 0.717) is 24.7 Å². The quantitative estimate of drug-likeness (QED) is 0.277. The molecule has 3 rings (SSSR count). The topological polar surface area (TPSA) is 44.2 Å². The van der Waals surface area contributed by atoms with Gasteiger partial charge >= 0.3 is 0 Å². The first-order chi connectivity index (χ1) is 17.4. The lowest BCUT2D eigenvalue weighted by molar-refractivity contribution is 0.268. The van der Waals surface area contributed by atoms with Gasteiger partial charge in [0.1, 0.15) is 11.4 Å². The van der Waals surface area contributed by atoms with Gasteiger partial charge in [0.15, 0.2) is 11.5 Å². The molecular weight excluding hydrogens is 456 g/mol. The van der Waals surface area contributed by atoms with E-state index >= 15 is 0 Å². The first kappa shape index (κ1) is 28.7. The fourth-order valence-electron chi connectivity index (χ4n) is 4.38. The van der Waals surface area contributed by atoms with E-state index in [1.54, 1.807) is 0 Å². The minimum absolute atomic E-state index is 0.0752. The average molecular weight is 503 g/mol. The molecule has 0 aliphatic heterocycles. The molecule has 1 aromatic heterocycles. The molecule has 0 unspecified atom stereocenters. The summed E-state index contributed by atoms with van der Waals surface area (Å²) in [4.78, 5) is 0. The van der Waals surface area contributed by atoms with E-state index in [1.165, 1.54) is 11.1 Å². The van der Waals surface area contributed by atoms with Gasteiger partial charge in [0.05, 0.1) is 13.2 Å². The molecule has 200 valence electrons. The summed E-state index contributed by atoms with van der Waals surface area (Å²) in [6.45, 7) is 23.2. The molecule has 3 aromatic rings. The van der Waals surface area contributed by atoms with Crippen molar-refractivity contribution in [3.05, 3.63) is 58.7 Å². The van der Waals surface area contributed by atoms with Gasteiger partial charge in [-0.2, -0.15) is 0 Å². The summed E-state index contributed by atoms with van der Waals surface area (Å²) in [6, 6.07) is 13.2. The number of aryl methyl sites for hydroxylation is 2. The van der Waals surface area contributed by atoms with Gasteiger partial charge in [-0.25, -0.2) is 0 Å². The van der Waals surface area contributed by atoms with E-state index in [4.69, 9.17) is 19.7 Å². The highest BCUT2D eigenvalue weighted by Gasteiger charge is 2.26. The van der Waals surface area contributed by atoms with Crippen molar-refractivity contribution in [2.24, 2.45) is 0 Å². The Morgan fingerprint density at radius 2 is 1.08 bits per heavy atom. The number of benzene rings is 2. The van der Waals surface area contributed by atoms with E-state index in [-0.39, 0.29) is 10.8 Å². The minimum atomic E-state index is 0.0752. The Bertz CT molecular complexity index is 1220. The number of aromatic nitrogens is 2. The molecule has 0 aliphatic rings. The Kier molecular flexibility index (Phi) is 9.05. The summed E-state index contributed by atoms with van der Waals surface area (Å²) in [6.07, 6.45) is 2.87. The van der Waals surface area contributed by atoms with Crippen molar-refractivity contribution in [3.63, 3.8) is 0 Å². The third-order valence-corrected chi connectivity index (χ3v) is 7.28. The van der Waals surface area contributed by atoms with E-state index in [9.17, 15) is 0 Å². The highest BCUT2D eigenvalue weighted by molar-refractivity contribution is 5.80. The van der Waals surface area contributed by atoms with Gasteiger partial charge in [-0.3, -0.25) is 0 Å². The Hall–Kier alpha value is -2.88. The van der Waals surface area contributed by atoms with Gasteiger partial charge in [0.2, 0.25) is 0 Å². The van der Waals surface area contributed by atoms with Crippen molar-refractivity contribution in [3.8, 4) is 34.0 Å². The number of rotatable bonds is 10. The molecule has 0 atom stereocenters. The average Bonchev–Trinajstić information content (AvgIpc) is 2.85. The zero-order valence-corrected chi connectivity index (χ0v) is 24.7. The number of hydrogen-bond acceptors (Lipinski definition) is 4. The lowest BCUT2D eigenvalue weighted by atomic mass is 9.81. The first-order valence-electron chi connectivity index (χ1n) is 13.8. The molecule has 1 heterocycles. The van der Waals surface area contributed by atoms with Crippen LogP contribution in [0.1, 0.15) is 96.9 Å². The number of hydrogen-bond donors (Lipinski definition) is 0. The van der Waals surface area contributed by atoms with E-state index in [2.05, 4.69) is 106 Å². The van der Waals surface area contributed by atoms with Crippen LogP contribution in [0.25, 0.3) is 22.5 Å². The van der Waals surface area contributed by atoms with Crippen LogP contribution < -0.4 is 9.47 Å². The van der Waals surface area contributed by atoms with Gasteiger partial charge < -0.3 is 9.47 Å². The zero-order chi connectivity index (χ0) is 27.4. The molecule has 0 spiro atoms. The lowest BCUT2D eigenvalue weighted by Crippen LogP contribution is -2.15.